The summed E-state index contributed by atoms with van der Waals surface area (Å²) in [4.78, 5) is 0. The summed E-state index contributed by atoms with van der Waals surface area (Å²) in [6.45, 7) is 0.492. The minimum atomic E-state index is -5.69. The average Bonchev–Trinajstić information content (AvgIpc) is 2.00. The summed E-state index contributed by atoms with van der Waals surface area (Å²) in [6.07, 6.45) is -4.25. The predicted octanol–water partition coefficient (Wildman–Crippen LogP) is 3.66. The van der Waals surface area contributed by atoms with Crippen LogP contribution in [0.4, 0.5) is 30.7 Å². The first-order valence-electron chi connectivity index (χ1n) is 3.76. The van der Waals surface area contributed by atoms with E-state index in [9.17, 15) is 30.7 Å². The number of rotatable bonds is 4. The highest BCUT2D eigenvalue weighted by Crippen LogP contribution is 2.48. The lowest BCUT2D eigenvalue weighted by atomic mass is 10.0. The second-order valence-electron chi connectivity index (χ2n) is 2.96. The molecule has 0 nitrogen and oxygen atoms in total. The molecule has 0 bridgehead atoms. The van der Waals surface area contributed by atoms with Crippen LogP contribution in [-0.2, 0) is 0 Å². The molecule has 0 unspecified atom stereocenters. The van der Waals surface area contributed by atoms with E-state index in [0.29, 0.717) is 0 Å². The molecule has 0 saturated heterocycles. The van der Waals surface area contributed by atoms with Gasteiger partial charge in [-0.1, -0.05) is 6.92 Å². The van der Waals surface area contributed by atoms with E-state index < -0.39 is 30.4 Å². The molecule has 0 aliphatic heterocycles. The van der Waals surface area contributed by atoms with Gasteiger partial charge in [0.05, 0.1) is 0 Å². The van der Waals surface area contributed by atoms with Crippen molar-refractivity contribution in [3.8, 4) is 0 Å². The minimum absolute atomic E-state index is 0.372. The molecule has 0 aliphatic carbocycles. The molecule has 0 heterocycles. The van der Waals surface area contributed by atoms with Gasteiger partial charge in [-0.25, -0.2) is 4.39 Å². The first-order valence-corrected chi connectivity index (χ1v) is 3.76. The summed E-state index contributed by atoms with van der Waals surface area (Å²) >= 11 is 0. The van der Waals surface area contributed by atoms with Crippen molar-refractivity contribution in [3.05, 3.63) is 0 Å². The van der Waals surface area contributed by atoms with Crippen molar-refractivity contribution in [2.45, 2.75) is 44.2 Å². The van der Waals surface area contributed by atoms with E-state index >= 15 is 0 Å². The van der Waals surface area contributed by atoms with Crippen LogP contribution in [0.5, 0.6) is 0 Å². The Balaban J connectivity index is 5.07. The van der Waals surface area contributed by atoms with Gasteiger partial charge < -0.3 is 0 Å². The van der Waals surface area contributed by atoms with Crippen LogP contribution >= 0.6 is 0 Å². The molecular formula is C7H9F7. The molecule has 0 aromatic carbocycles. The molecule has 0 N–H and O–H groups in total. The van der Waals surface area contributed by atoms with Gasteiger partial charge in [-0.3, -0.25) is 0 Å². The lowest BCUT2D eigenvalue weighted by Gasteiger charge is -2.32. The quantitative estimate of drug-likeness (QED) is 0.641. The van der Waals surface area contributed by atoms with Crippen molar-refractivity contribution in [2.75, 3.05) is 0 Å². The fourth-order valence-electron chi connectivity index (χ4n) is 0.746. The Morgan fingerprint density at radius 3 is 1.57 bits per heavy atom. The third kappa shape index (κ3) is 1.95. The zero-order valence-electron chi connectivity index (χ0n) is 7.43. The second kappa shape index (κ2) is 3.58. The Labute approximate surface area is 76.1 Å². The van der Waals surface area contributed by atoms with Crippen LogP contribution in [0, 0.1) is 0 Å². The van der Waals surface area contributed by atoms with Gasteiger partial charge in [0.15, 0.2) is 6.17 Å². The van der Waals surface area contributed by atoms with Gasteiger partial charge in [0.25, 0.3) is 0 Å². The molecule has 86 valence electrons. The maximum Gasteiger partial charge on any atom is 0.374 e. The molecule has 0 aromatic rings. The summed E-state index contributed by atoms with van der Waals surface area (Å²) in [5.41, 5.74) is 0. The van der Waals surface area contributed by atoms with Crippen molar-refractivity contribution in [3.63, 3.8) is 0 Å². The number of hydrogen-bond acceptors (Lipinski definition) is 0. The summed E-state index contributed by atoms with van der Waals surface area (Å²) < 4.78 is 86.3. The van der Waals surface area contributed by atoms with Crippen molar-refractivity contribution >= 4 is 0 Å². The van der Waals surface area contributed by atoms with Crippen molar-refractivity contribution in [1.82, 2.24) is 0 Å². The van der Waals surface area contributed by atoms with Crippen LogP contribution < -0.4 is 0 Å². The molecule has 0 amide bonds. The zero-order valence-corrected chi connectivity index (χ0v) is 7.43. The lowest BCUT2D eigenvalue weighted by Crippen LogP contribution is -2.57. The van der Waals surface area contributed by atoms with Gasteiger partial charge in [-0.05, 0) is 6.42 Å². The van der Waals surface area contributed by atoms with Crippen LogP contribution in [0.25, 0.3) is 0 Å². The average molecular weight is 226 g/mol. The smallest absolute Gasteiger partial charge is 0.241 e. The second-order valence-corrected chi connectivity index (χ2v) is 2.96. The van der Waals surface area contributed by atoms with Gasteiger partial charge in [0.2, 0.25) is 0 Å². The molecule has 0 spiro atoms. The maximum atomic E-state index is 12.5. The Morgan fingerprint density at radius 1 is 1.00 bits per heavy atom. The van der Waals surface area contributed by atoms with Crippen molar-refractivity contribution < 1.29 is 30.7 Å². The normalized spacial score (nSPS) is 16.9. The molecule has 0 aliphatic rings. The SMILES string of the molecule is CC[C@H](F)C(F)(F)C(F)(F)C(C)(F)F. The molecule has 0 aromatic heterocycles. The first kappa shape index (κ1) is 13.5. The number of hydrogen-bond donors (Lipinski definition) is 0. The third-order valence-electron chi connectivity index (χ3n) is 1.72. The molecule has 0 saturated carbocycles. The summed E-state index contributed by atoms with van der Waals surface area (Å²) in [7, 11) is 0. The third-order valence-corrected chi connectivity index (χ3v) is 1.72. The Bertz CT molecular complexity index is 193. The van der Waals surface area contributed by atoms with Crippen LogP contribution in [0.1, 0.15) is 20.3 Å². The number of halogens is 7. The highest BCUT2D eigenvalue weighted by molar-refractivity contribution is 4.97. The largest absolute Gasteiger partial charge is 0.374 e. The van der Waals surface area contributed by atoms with Gasteiger partial charge in [0.1, 0.15) is 0 Å². The Morgan fingerprint density at radius 2 is 1.36 bits per heavy atom. The highest BCUT2D eigenvalue weighted by atomic mass is 19.3. The molecule has 0 rings (SSSR count). The van der Waals surface area contributed by atoms with Crippen molar-refractivity contribution in [2.24, 2.45) is 0 Å². The molecular weight excluding hydrogens is 217 g/mol. The van der Waals surface area contributed by atoms with E-state index in [-0.39, 0.29) is 6.92 Å². The predicted molar refractivity (Wildman–Crippen MR) is 35.7 cm³/mol. The summed E-state index contributed by atoms with van der Waals surface area (Å²) in [5, 5.41) is 0. The van der Waals surface area contributed by atoms with E-state index in [1.807, 2.05) is 0 Å². The monoisotopic (exact) mass is 226 g/mol. The van der Waals surface area contributed by atoms with Crippen molar-refractivity contribution in [1.29, 1.82) is 0 Å². The fraction of sp³-hybridized carbons (Fsp3) is 1.00. The number of alkyl halides is 7. The summed E-state index contributed by atoms with van der Waals surface area (Å²) in [6, 6.07) is 0. The van der Waals surface area contributed by atoms with E-state index in [4.69, 9.17) is 0 Å². The van der Waals surface area contributed by atoms with Crippen LogP contribution in [0.15, 0.2) is 0 Å². The first-order chi connectivity index (χ1) is 5.98. The van der Waals surface area contributed by atoms with E-state index in [2.05, 4.69) is 0 Å². The zero-order chi connectivity index (χ0) is 11.8. The highest BCUT2D eigenvalue weighted by Gasteiger charge is 2.72. The van der Waals surface area contributed by atoms with E-state index in [0.717, 1.165) is 6.92 Å². The van der Waals surface area contributed by atoms with E-state index in [1.54, 1.807) is 0 Å². The molecule has 14 heavy (non-hydrogen) atoms. The Hall–Kier alpha value is -0.490. The van der Waals surface area contributed by atoms with Crippen LogP contribution in [0.2, 0.25) is 0 Å². The standard InChI is InChI=1S/C7H9F7/c1-3-4(8)6(11,12)7(13,14)5(2,9)10/h4H,3H2,1-2H3/t4-/m0/s1. The minimum Gasteiger partial charge on any atom is -0.241 e. The van der Waals surface area contributed by atoms with Gasteiger partial charge in [-0.15, -0.1) is 0 Å². The molecule has 1 atom stereocenters. The summed E-state index contributed by atoms with van der Waals surface area (Å²) in [5.74, 6) is -16.0. The van der Waals surface area contributed by atoms with E-state index in [1.165, 1.54) is 0 Å². The Kier molecular flexibility index (Phi) is 3.46. The maximum absolute atomic E-state index is 12.5. The molecule has 0 radical (unpaired) electrons. The van der Waals surface area contributed by atoms with Gasteiger partial charge in [0, 0.05) is 6.92 Å². The van der Waals surface area contributed by atoms with Gasteiger partial charge >= 0.3 is 17.8 Å². The van der Waals surface area contributed by atoms with Crippen LogP contribution in [-0.4, -0.2) is 23.9 Å². The topological polar surface area (TPSA) is 0 Å². The molecule has 0 fully saturated rings. The van der Waals surface area contributed by atoms with Crippen LogP contribution in [0.3, 0.4) is 0 Å². The fourth-order valence-corrected chi connectivity index (χ4v) is 0.746. The lowest BCUT2D eigenvalue weighted by molar-refractivity contribution is -0.319. The van der Waals surface area contributed by atoms with Gasteiger partial charge in [-0.2, -0.15) is 26.3 Å². The molecule has 7 heteroatoms.